The highest BCUT2D eigenvalue weighted by molar-refractivity contribution is 6.05. The second kappa shape index (κ2) is 3.93. The first-order valence-electron chi connectivity index (χ1n) is 5.03. The minimum absolute atomic E-state index is 0.0745. The highest BCUT2D eigenvalue weighted by Crippen LogP contribution is 2.25. The summed E-state index contributed by atoms with van der Waals surface area (Å²) in [6.45, 7) is 0. The molecule has 88 valence electrons. The van der Waals surface area contributed by atoms with Crippen LogP contribution in [0.2, 0.25) is 0 Å². The largest absolute Gasteiger partial charge is 0.481 e. The normalized spacial score (nSPS) is 10.6. The van der Waals surface area contributed by atoms with Crippen LogP contribution in [0, 0.1) is 0 Å². The van der Waals surface area contributed by atoms with Crippen LogP contribution in [0.4, 0.5) is 0 Å². The van der Waals surface area contributed by atoms with E-state index in [9.17, 15) is 14.7 Å². The van der Waals surface area contributed by atoms with Gasteiger partial charge in [-0.3, -0.25) is 4.79 Å². The van der Waals surface area contributed by atoms with Gasteiger partial charge in [0, 0.05) is 23.6 Å². The topological polar surface area (TPSA) is 79.5 Å². The number of rotatable bonds is 3. The highest BCUT2D eigenvalue weighted by Gasteiger charge is 2.21. The molecule has 0 aliphatic heterocycles. The van der Waals surface area contributed by atoms with Crippen molar-refractivity contribution in [3.05, 3.63) is 35.5 Å². The van der Waals surface area contributed by atoms with Gasteiger partial charge in [0.1, 0.15) is 0 Å². The number of aryl methyl sites for hydroxylation is 1. The Kier molecular flexibility index (Phi) is 2.59. The second-order valence-electron chi connectivity index (χ2n) is 3.77. The van der Waals surface area contributed by atoms with Crippen LogP contribution in [0.15, 0.2) is 24.3 Å². The summed E-state index contributed by atoms with van der Waals surface area (Å²) < 4.78 is 1.62. The van der Waals surface area contributed by atoms with E-state index in [0.717, 1.165) is 5.52 Å². The highest BCUT2D eigenvalue weighted by atomic mass is 16.4. The smallest absolute Gasteiger partial charge is 0.338 e. The van der Waals surface area contributed by atoms with Crippen LogP contribution < -0.4 is 0 Å². The number of nitrogens with zero attached hydrogens (tertiary/aromatic N) is 1. The molecule has 2 N–H and O–H groups in total. The molecule has 0 bridgehead atoms. The number of hydrogen-bond acceptors (Lipinski definition) is 2. The molecule has 0 atom stereocenters. The fraction of sp³-hybridized carbons (Fsp3) is 0.167. The molecule has 2 aromatic rings. The summed E-state index contributed by atoms with van der Waals surface area (Å²) in [6.07, 6.45) is -0.299. The van der Waals surface area contributed by atoms with Gasteiger partial charge in [0.05, 0.1) is 12.0 Å². The van der Waals surface area contributed by atoms with Gasteiger partial charge in [0.15, 0.2) is 0 Å². The summed E-state index contributed by atoms with van der Waals surface area (Å²) in [5.41, 5.74) is 1.11. The van der Waals surface area contributed by atoms with Crippen LogP contribution in [-0.4, -0.2) is 26.7 Å². The van der Waals surface area contributed by atoms with Crippen molar-refractivity contribution < 1.29 is 19.8 Å². The third-order valence-corrected chi connectivity index (χ3v) is 2.76. The monoisotopic (exact) mass is 233 g/mol. The van der Waals surface area contributed by atoms with Crippen molar-refractivity contribution >= 4 is 22.8 Å². The predicted octanol–water partition coefficient (Wildman–Crippen LogP) is 1.50. The molecular formula is C12H11NO4. The summed E-state index contributed by atoms with van der Waals surface area (Å²) in [5, 5.41) is 18.6. The molecule has 0 fully saturated rings. The fourth-order valence-electron chi connectivity index (χ4n) is 2.03. The molecule has 0 saturated carbocycles. The molecule has 5 heteroatoms. The van der Waals surface area contributed by atoms with Gasteiger partial charge in [0.2, 0.25) is 0 Å². The zero-order valence-corrected chi connectivity index (χ0v) is 9.17. The predicted molar refractivity (Wildman–Crippen MR) is 61.2 cm³/mol. The van der Waals surface area contributed by atoms with Crippen molar-refractivity contribution in [1.29, 1.82) is 0 Å². The Hall–Kier alpha value is -2.30. The van der Waals surface area contributed by atoms with E-state index in [2.05, 4.69) is 0 Å². The lowest BCUT2D eigenvalue weighted by atomic mass is 10.1. The molecule has 1 heterocycles. The number of fused-ring (bicyclic) bond motifs is 1. The number of aliphatic carboxylic acids is 1. The summed E-state index contributed by atoms with van der Waals surface area (Å²) in [5.74, 6) is -2.14. The summed E-state index contributed by atoms with van der Waals surface area (Å²) in [6, 6.07) is 6.98. The Labute approximate surface area is 96.9 Å². The average molecular weight is 233 g/mol. The first kappa shape index (κ1) is 11.2. The number of benzene rings is 1. The van der Waals surface area contributed by atoms with E-state index in [1.54, 1.807) is 35.9 Å². The number of aromatic carboxylic acids is 1. The van der Waals surface area contributed by atoms with Crippen molar-refractivity contribution in [2.24, 2.45) is 7.05 Å². The maximum Gasteiger partial charge on any atom is 0.338 e. The van der Waals surface area contributed by atoms with Crippen molar-refractivity contribution in [2.45, 2.75) is 6.42 Å². The molecule has 0 spiro atoms. The lowest BCUT2D eigenvalue weighted by molar-refractivity contribution is -0.136. The maximum absolute atomic E-state index is 11.2. The molecule has 5 nitrogen and oxygen atoms in total. The molecule has 2 rings (SSSR count). The van der Waals surface area contributed by atoms with Gasteiger partial charge in [-0.1, -0.05) is 18.2 Å². The Bertz CT molecular complexity index is 612. The molecule has 0 aliphatic carbocycles. The molecule has 0 unspecified atom stereocenters. The van der Waals surface area contributed by atoms with Crippen molar-refractivity contribution in [3.8, 4) is 0 Å². The van der Waals surface area contributed by atoms with Gasteiger partial charge in [-0.2, -0.15) is 0 Å². The molecule has 0 amide bonds. The molecule has 0 saturated heterocycles. The van der Waals surface area contributed by atoms with Gasteiger partial charge in [0.25, 0.3) is 0 Å². The van der Waals surface area contributed by atoms with Crippen LogP contribution in [0.5, 0.6) is 0 Å². The van der Waals surface area contributed by atoms with E-state index >= 15 is 0 Å². The van der Waals surface area contributed by atoms with Gasteiger partial charge in [-0.05, 0) is 6.07 Å². The number of para-hydroxylation sites is 1. The van der Waals surface area contributed by atoms with E-state index in [-0.39, 0.29) is 12.0 Å². The quantitative estimate of drug-likeness (QED) is 0.842. The van der Waals surface area contributed by atoms with Crippen molar-refractivity contribution in [1.82, 2.24) is 4.57 Å². The minimum Gasteiger partial charge on any atom is -0.481 e. The first-order valence-corrected chi connectivity index (χ1v) is 5.03. The Morgan fingerprint density at radius 2 is 1.88 bits per heavy atom. The molecule has 0 radical (unpaired) electrons. The van der Waals surface area contributed by atoms with E-state index < -0.39 is 11.9 Å². The SMILES string of the molecule is Cn1c(CC(=O)O)c(C(=O)O)c2ccccc21. The van der Waals surface area contributed by atoms with E-state index in [0.29, 0.717) is 11.1 Å². The van der Waals surface area contributed by atoms with E-state index in [4.69, 9.17) is 5.11 Å². The van der Waals surface area contributed by atoms with Crippen LogP contribution >= 0.6 is 0 Å². The number of carboxylic acid groups (broad SMARTS) is 2. The number of hydrogen-bond donors (Lipinski definition) is 2. The molecule has 1 aromatic heterocycles. The van der Waals surface area contributed by atoms with Crippen LogP contribution in [-0.2, 0) is 18.3 Å². The zero-order chi connectivity index (χ0) is 12.6. The van der Waals surface area contributed by atoms with Crippen molar-refractivity contribution in [2.75, 3.05) is 0 Å². The lowest BCUT2D eigenvalue weighted by Crippen LogP contribution is -2.10. The molecule has 17 heavy (non-hydrogen) atoms. The maximum atomic E-state index is 11.2. The Balaban J connectivity index is 2.80. The molecular weight excluding hydrogens is 222 g/mol. The van der Waals surface area contributed by atoms with Crippen LogP contribution in [0.1, 0.15) is 16.1 Å². The van der Waals surface area contributed by atoms with Gasteiger partial charge in [-0.25, -0.2) is 4.79 Å². The molecule has 1 aromatic carbocycles. The standard InChI is InChI=1S/C12H11NO4/c1-13-8-5-3-2-4-7(8)11(12(16)17)9(13)6-10(14)15/h2-5H,6H2,1H3,(H,14,15)(H,16,17). The van der Waals surface area contributed by atoms with Gasteiger partial charge >= 0.3 is 11.9 Å². The fourth-order valence-corrected chi connectivity index (χ4v) is 2.03. The third kappa shape index (κ3) is 1.75. The zero-order valence-electron chi connectivity index (χ0n) is 9.17. The Morgan fingerprint density at radius 1 is 1.24 bits per heavy atom. The van der Waals surface area contributed by atoms with Crippen LogP contribution in [0.25, 0.3) is 10.9 Å². The molecule has 0 aliphatic rings. The minimum atomic E-state index is -1.10. The van der Waals surface area contributed by atoms with Crippen LogP contribution in [0.3, 0.4) is 0 Å². The average Bonchev–Trinajstić information content (AvgIpc) is 2.52. The summed E-state index contributed by atoms with van der Waals surface area (Å²) >= 11 is 0. The lowest BCUT2D eigenvalue weighted by Gasteiger charge is -2.02. The second-order valence-corrected chi connectivity index (χ2v) is 3.77. The summed E-state index contributed by atoms with van der Waals surface area (Å²) in [7, 11) is 1.67. The van der Waals surface area contributed by atoms with E-state index in [1.165, 1.54) is 0 Å². The third-order valence-electron chi connectivity index (χ3n) is 2.76. The van der Waals surface area contributed by atoms with E-state index in [1.807, 2.05) is 0 Å². The number of carbonyl (C=O) groups is 2. The summed E-state index contributed by atoms with van der Waals surface area (Å²) in [4.78, 5) is 22.0. The van der Waals surface area contributed by atoms with Gasteiger partial charge < -0.3 is 14.8 Å². The first-order chi connectivity index (χ1) is 8.02. The van der Waals surface area contributed by atoms with Crippen molar-refractivity contribution in [3.63, 3.8) is 0 Å². The number of aromatic nitrogens is 1. The number of carboxylic acids is 2. The van der Waals surface area contributed by atoms with Gasteiger partial charge in [-0.15, -0.1) is 0 Å². The Morgan fingerprint density at radius 3 is 2.47 bits per heavy atom.